The highest BCUT2D eigenvalue weighted by atomic mass is 32.2. The Morgan fingerprint density at radius 3 is 2.65 bits per heavy atom. The van der Waals surface area contributed by atoms with Crippen LogP contribution in [0.15, 0.2) is 0 Å². The van der Waals surface area contributed by atoms with Crippen LogP contribution in [0.1, 0.15) is 19.8 Å². The van der Waals surface area contributed by atoms with E-state index in [1.165, 1.54) is 22.8 Å². The second kappa shape index (κ2) is 7.92. The average Bonchev–Trinajstić information content (AvgIpc) is 2.94. The lowest BCUT2D eigenvalue weighted by molar-refractivity contribution is -0.140. The van der Waals surface area contributed by atoms with Gasteiger partial charge in [0, 0.05) is 33.3 Å². The van der Waals surface area contributed by atoms with Crippen molar-refractivity contribution in [2.75, 3.05) is 47.0 Å². The van der Waals surface area contributed by atoms with Crippen molar-refractivity contribution in [2.24, 2.45) is 5.92 Å². The van der Waals surface area contributed by atoms with Crippen molar-refractivity contribution in [3.63, 3.8) is 0 Å². The van der Waals surface area contributed by atoms with Gasteiger partial charge in [-0.15, -0.1) is 0 Å². The molecule has 0 aromatic heterocycles. The van der Waals surface area contributed by atoms with Gasteiger partial charge in [0.25, 0.3) is 10.2 Å². The highest BCUT2D eigenvalue weighted by Crippen LogP contribution is 2.17. The average molecular weight is 308 g/mol. The maximum Gasteiger partial charge on any atom is 0.306 e. The quantitative estimate of drug-likeness (QED) is 0.594. The molecule has 7 nitrogen and oxygen atoms in total. The van der Waals surface area contributed by atoms with Gasteiger partial charge in [0.05, 0.1) is 20.1 Å². The number of hydrogen-bond acceptors (Lipinski definition) is 5. The van der Waals surface area contributed by atoms with Gasteiger partial charge in [0.15, 0.2) is 0 Å². The first-order valence-electron chi connectivity index (χ1n) is 6.77. The Kier molecular flexibility index (Phi) is 6.87. The van der Waals surface area contributed by atoms with Gasteiger partial charge in [-0.3, -0.25) is 4.79 Å². The van der Waals surface area contributed by atoms with E-state index in [2.05, 4.69) is 4.74 Å². The molecule has 0 aromatic carbocycles. The molecular weight excluding hydrogens is 284 g/mol. The maximum absolute atomic E-state index is 12.4. The van der Waals surface area contributed by atoms with E-state index < -0.39 is 16.2 Å². The van der Waals surface area contributed by atoms with E-state index in [4.69, 9.17) is 4.74 Å². The van der Waals surface area contributed by atoms with E-state index in [1.54, 1.807) is 0 Å². The Morgan fingerprint density at radius 2 is 2.15 bits per heavy atom. The Hall–Kier alpha value is -0.700. The SMILES string of the molecule is CCN(CC1CCOC1)S(=O)(=O)N(C)CCC(=O)OC. The Bertz CT molecular complexity index is 406. The number of ether oxygens (including phenoxy) is 2. The zero-order valence-corrected chi connectivity index (χ0v) is 13.2. The van der Waals surface area contributed by atoms with E-state index in [0.717, 1.165) is 6.42 Å². The van der Waals surface area contributed by atoms with Gasteiger partial charge >= 0.3 is 5.97 Å². The van der Waals surface area contributed by atoms with Crippen LogP contribution in [0.3, 0.4) is 0 Å². The summed E-state index contributed by atoms with van der Waals surface area (Å²) in [6.45, 7) is 4.09. The highest BCUT2D eigenvalue weighted by molar-refractivity contribution is 7.86. The van der Waals surface area contributed by atoms with Gasteiger partial charge in [-0.25, -0.2) is 0 Å². The van der Waals surface area contributed by atoms with Gasteiger partial charge < -0.3 is 9.47 Å². The first-order chi connectivity index (χ1) is 9.41. The number of methoxy groups -OCH3 is 1. The summed E-state index contributed by atoms with van der Waals surface area (Å²) in [6.07, 6.45) is 0.939. The first kappa shape index (κ1) is 17.4. The van der Waals surface area contributed by atoms with E-state index in [9.17, 15) is 13.2 Å². The lowest BCUT2D eigenvalue weighted by Gasteiger charge is -2.28. The molecule has 0 amide bonds. The molecule has 0 saturated carbocycles. The lowest BCUT2D eigenvalue weighted by Crippen LogP contribution is -2.44. The third kappa shape index (κ3) is 4.69. The molecule has 8 heteroatoms. The van der Waals surface area contributed by atoms with Crippen molar-refractivity contribution in [3.8, 4) is 0 Å². The van der Waals surface area contributed by atoms with Crippen LogP contribution in [0.4, 0.5) is 0 Å². The molecule has 0 radical (unpaired) electrons. The molecule has 1 atom stereocenters. The van der Waals surface area contributed by atoms with Crippen LogP contribution in [0.2, 0.25) is 0 Å². The van der Waals surface area contributed by atoms with Crippen LogP contribution in [-0.4, -0.2) is 70.0 Å². The fourth-order valence-corrected chi connectivity index (χ4v) is 3.51. The Labute approximate surface area is 121 Å². The third-order valence-corrected chi connectivity index (χ3v) is 5.45. The van der Waals surface area contributed by atoms with Crippen molar-refractivity contribution < 1.29 is 22.7 Å². The van der Waals surface area contributed by atoms with Crippen molar-refractivity contribution in [3.05, 3.63) is 0 Å². The van der Waals surface area contributed by atoms with Crippen LogP contribution < -0.4 is 0 Å². The van der Waals surface area contributed by atoms with Crippen LogP contribution >= 0.6 is 0 Å². The Morgan fingerprint density at radius 1 is 1.45 bits per heavy atom. The highest BCUT2D eigenvalue weighted by Gasteiger charge is 2.29. The van der Waals surface area contributed by atoms with Crippen molar-refractivity contribution >= 4 is 16.2 Å². The number of carbonyl (C=O) groups is 1. The largest absolute Gasteiger partial charge is 0.469 e. The number of rotatable bonds is 8. The molecule has 1 fully saturated rings. The summed E-state index contributed by atoms with van der Waals surface area (Å²) < 4.78 is 37.2. The van der Waals surface area contributed by atoms with Crippen LogP contribution in [-0.2, 0) is 24.5 Å². The molecule has 118 valence electrons. The molecule has 0 bridgehead atoms. The van der Waals surface area contributed by atoms with Gasteiger partial charge in [-0.1, -0.05) is 6.92 Å². The molecule has 1 aliphatic heterocycles. The summed E-state index contributed by atoms with van der Waals surface area (Å²) in [5, 5.41) is 0. The van der Waals surface area contributed by atoms with E-state index in [0.29, 0.717) is 26.3 Å². The smallest absolute Gasteiger partial charge is 0.306 e. The first-order valence-corrected chi connectivity index (χ1v) is 8.17. The van der Waals surface area contributed by atoms with Crippen molar-refractivity contribution in [1.82, 2.24) is 8.61 Å². The maximum atomic E-state index is 12.4. The molecule has 1 unspecified atom stereocenters. The number of carbonyl (C=O) groups excluding carboxylic acids is 1. The Balaban J connectivity index is 2.60. The molecular formula is C12H24N2O5S. The molecule has 1 rings (SSSR count). The fraction of sp³-hybridized carbons (Fsp3) is 0.917. The summed E-state index contributed by atoms with van der Waals surface area (Å²) in [5.74, 6) is -0.168. The molecule has 0 spiro atoms. The number of esters is 1. The molecule has 0 aliphatic carbocycles. The van der Waals surface area contributed by atoms with Crippen molar-refractivity contribution in [2.45, 2.75) is 19.8 Å². The van der Waals surface area contributed by atoms with Gasteiger partial charge in [-0.05, 0) is 12.3 Å². The standard InChI is InChI=1S/C12H24N2O5S/c1-4-14(9-11-6-8-19-10-11)20(16,17)13(2)7-5-12(15)18-3/h11H,4-10H2,1-3H3. The predicted octanol–water partition coefficient (Wildman–Crippen LogP) is 0.0845. The molecule has 20 heavy (non-hydrogen) atoms. The van der Waals surface area contributed by atoms with Crippen LogP contribution in [0.25, 0.3) is 0 Å². The predicted molar refractivity (Wildman–Crippen MR) is 74.4 cm³/mol. The van der Waals surface area contributed by atoms with Gasteiger partial charge in [0.2, 0.25) is 0 Å². The second-order valence-electron chi connectivity index (χ2n) is 4.84. The summed E-state index contributed by atoms with van der Waals surface area (Å²) >= 11 is 0. The molecule has 0 N–H and O–H groups in total. The minimum Gasteiger partial charge on any atom is -0.469 e. The summed E-state index contributed by atoms with van der Waals surface area (Å²) in [4.78, 5) is 11.1. The molecule has 1 aliphatic rings. The van der Waals surface area contributed by atoms with E-state index in [1.807, 2.05) is 6.92 Å². The second-order valence-corrected chi connectivity index (χ2v) is 6.87. The lowest BCUT2D eigenvalue weighted by atomic mass is 10.1. The van der Waals surface area contributed by atoms with Gasteiger partial charge in [0.1, 0.15) is 0 Å². The summed E-state index contributed by atoms with van der Waals surface area (Å²) in [5.41, 5.74) is 0. The van der Waals surface area contributed by atoms with Crippen molar-refractivity contribution in [1.29, 1.82) is 0 Å². The minimum absolute atomic E-state index is 0.0519. The normalized spacial score (nSPS) is 19.8. The number of nitrogens with zero attached hydrogens (tertiary/aromatic N) is 2. The zero-order chi connectivity index (χ0) is 15.2. The molecule has 0 aromatic rings. The monoisotopic (exact) mass is 308 g/mol. The zero-order valence-electron chi connectivity index (χ0n) is 12.4. The van der Waals surface area contributed by atoms with Gasteiger partial charge in [-0.2, -0.15) is 17.0 Å². The molecule has 1 heterocycles. The van der Waals surface area contributed by atoms with E-state index in [-0.39, 0.29) is 18.9 Å². The van der Waals surface area contributed by atoms with Crippen LogP contribution in [0.5, 0.6) is 0 Å². The fourth-order valence-electron chi connectivity index (χ4n) is 2.07. The number of hydrogen-bond donors (Lipinski definition) is 0. The summed E-state index contributed by atoms with van der Waals surface area (Å²) in [7, 11) is -0.774. The van der Waals surface area contributed by atoms with E-state index >= 15 is 0 Å². The third-order valence-electron chi connectivity index (χ3n) is 3.42. The van der Waals surface area contributed by atoms with Crippen LogP contribution in [0, 0.1) is 5.92 Å². The molecule has 1 saturated heterocycles. The minimum atomic E-state index is -3.54. The topological polar surface area (TPSA) is 76.2 Å². The summed E-state index contributed by atoms with van der Waals surface area (Å²) in [6, 6.07) is 0.